The van der Waals surface area contributed by atoms with Crippen molar-refractivity contribution in [3.05, 3.63) is 0 Å². The van der Waals surface area contributed by atoms with Crippen LogP contribution >= 0.6 is 0 Å². The first-order valence-corrected chi connectivity index (χ1v) is 5.12. The molecule has 0 spiro atoms. The summed E-state index contributed by atoms with van der Waals surface area (Å²) in [6, 6.07) is 0. The van der Waals surface area contributed by atoms with E-state index in [2.05, 4.69) is 6.92 Å². The zero-order valence-corrected chi connectivity index (χ0v) is 8.88. The van der Waals surface area contributed by atoms with Crippen LogP contribution in [-0.2, 0) is 4.74 Å². The van der Waals surface area contributed by atoms with Crippen LogP contribution in [0.15, 0.2) is 0 Å². The number of hydrogen-bond donors (Lipinski definition) is 2. The summed E-state index contributed by atoms with van der Waals surface area (Å²) in [6.45, 7) is 5.61. The molecule has 3 N–H and O–H groups in total. The Morgan fingerprint density at radius 3 is 2.54 bits per heavy atom. The average molecular weight is 189 g/mol. The highest BCUT2D eigenvalue weighted by atomic mass is 16.5. The summed E-state index contributed by atoms with van der Waals surface area (Å²) in [5, 5.41) is 9.52. The lowest BCUT2D eigenvalue weighted by molar-refractivity contribution is 0.0202. The summed E-state index contributed by atoms with van der Waals surface area (Å²) in [7, 11) is 0. The fourth-order valence-corrected chi connectivity index (χ4v) is 0.950. The van der Waals surface area contributed by atoms with E-state index in [1.807, 2.05) is 0 Å². The molecule has 0 aliphatic carbocycles. The number of nitrogens with two attached hydrogens (primary N) is 1. The predicted octanol–water partition coefficient (Wildman–Crippen LogP) is 1.29. The van der Waals surface area contributed by atoms with Gasteiger partial charge in [-0.25, -0.2) is 0 Å². The molecule has 13 heavy (non-hydrogen) atoms. The van der Waals surface area contributed by atoms with E-state index in [9.17, 15) is 5.11 Å². The van der Waals surface area contributed by atoms with Gasteiger partial charge in [0.2, 0.25) is 0 Å². The Labute approximate surface area is 81.3 Å². The van der Waals surface area contributed by atoms with E-state index >= 15 is 0 Å². The van der Waals surface area contributed by atoms with Gasteiger partial charge in [-0.2, -0.15) is 0 Å². The second-order valence-electron chi connectivity index (χ2n) is 3.77. The summed E-state index contributed by atoms with van der Waals surface area (Å²) >= 11 is 0. The summed E-state index contributed by atoms with van der Waals surface area (Å²) < 4.78 is 5.36. The molecule has 0 amide bonds. The normalized spacial score (nSPS) is 15.7. The Balaban J connectivity index is 3.16. The van der Waals surface area contributed by atoms with Gasteiger partial charge in [-0.15, -0.1) is 0 Å². The minimum atomic E-state index is -0.759. The van der Waals surface area contributed by atoms with Gasteiger partial charge in [0.15, 0.2) is 0 Å². The van der Waals surface area contributed by atoms with Crippen LogP contribution in [0, 0.1) is 0 Å². The van der Waals surface area contributed by atoms with Crippen LogP contribution in [0.4, 0.5) is 0 Å². The second kappa shape index (κ2) is 7.30. The van der Waals surface area contributed by atoms with Crippen LogP contribution in [-0.4, -0.2) is 30.5 Å². The SMILES string of the molecule is CCCCCOCCC(C)(O)CN. The highest BCUT2D eigenvalue weighted by Crippen LogP contribution is 2.06. The predicted molar refractivity (Wildman–Crippen MR) is 54.6 cm³/mol. The standard InChI is InChI=1S/C10H23NO2/c1-3-4-5-7-13-8-6-10(2,12)9-11/h12H,3-9,11H2,1-2H3. The first kappa shape index (κ1) is 12.9. The first-order chi connectivity index (χ1) is 6.12. The van der Waals surface area contributed by atoms with Crippen molar-refractivity contribution in [3.63, 3.8) is 0 Å². The maximum absolute atomic E-state index is 9.52. The van der Waals surface area contributed by atoms with Gasteiger partial charge in [0, 0.05) is 26.2 Å². The van der Waals surface area contributed by atoms with E-state index in [-0.39, 0.29) is 0 Å². The molecule has 3 nitrogen and oxygen atoms in total. The van der Waals surface area contributed by atoms with Gasteiger partial charge in [0.1, 0.15) is 0 Å². The molecular formula is C10H23NO2. The van der Waals surface area contributed by atoms with Crippen molar-refractivity contribution < 1.29 is 9.84 Å². The van der Waals surface area contributed by atoms with E-state index in [0.717, 1.165) is 13.0 Å². The number of hydrogen-bond acceptors (Lipinski definition) is 3. The maximum atomic E-state index is 9.52. The fraction of sp³-hybridized carbons (Fsp3) is 1.00. The molecule has 80 valence electrons. The van der Waals surface area contributed by atoms with Crippen LogP contribution in [0.2, 0.25) is 0 Å². The summed E-state index contributed by atoms with van der Waals surface area (Å²) in [5.41, 5.74) is 4.60. The quantitative estimate of drug-likeness (QED) is 0.566. The molecule has 0 aliphatic rings. The molecule has 1 unspecified atom stereocenters. The van der Waals surface area contributed by atoms with Crippen molar-refractivity contribution in [2.24, 2.45) is 5.73 Å². The third kappa shape index (κ3) is 8.22. The minimum absolute atomic E-state index is 0.297. The van der Waals surface area contributed by atoms with Gasteiger partial charge < -0.3 is 15.6 Å². The molecule has 0 saturated carbocycles. The fourth-order valence-electron chi connectivity index (χ4n) is 0.950. The number of aliphatic hydroxyl groups is 1. The summed E-state index contributed by atoms with van der Waals surface area (Å²) in [5.74, 6) is 0. The Bertz CT molecular complexity index is 115. The zero-order chi connectivity index (χ0) is 10.2. The van der Waals surface area contributed by atoms with E-state index in [0.29, 0.717) is 19.6 Å². The first-order valence-electron chi connectivity index (χ1n) is 5.12. The third-order valence-corrected chi connectivity index (χ3v) is 2.12. The molecule has 0 heterocycles. The molecule has 0 saturated heterocycles. The van der Waals surface area contributed by atoms with Crippen molar-refractivity contribution in [1.29, 1.82) is 0 Å². The molecule has 0 aromatic rings. The largest absolute Gasteiger partial charge is 0.389 e. The van der Waals surface area contributed by atoms with Gasteiger partial charge in [-0.05, 0) is 13.3 Å². The molecule has 0 aliphatic heterocycles. The van der Waals surface area contributed by atoms with Gasteiger partial charge in [-0.3, -0.25) is 0 Å². The highest BCUT2D eigenvalue weighted by molar-refractivity contribution is 4.72. The Hall–Kier alpha value is -0.120. The van der Waals surface area contributed by atoms with E-state index in [1.165, 1.54) is 12.8 Å². The zero-order valence-electron chi connectivity index (χ0n) is 8.88. The minimum Gasteiger partial charge on any atom is -0.389 e. The van der Waals surface area contributed by atoms with Crippen LogP contribution in [0.25, 0.3) is 0 Å². The molecule has 0 fully saturated rings. The van der Waals surface area contributed by atoms with Crippen molar-refractivity contribution in [2.75, 3.05) is 19.8 Å². The average Bonchev–Trinajstić information content (AvgIpc) is 2.11. The highest BCUT2D eigenvalue weighted by Gasteiger charge is 2.16. The molecule has 0 bridgehead atoms. The lowest BCUT2D eigenvalue weighted by Gasteiger charge is -2.20. The molecule has 0 aromatic heterocycles. The molecule has 1 atom stereocenters. The maximum Gasteiger partial charge on any atom is 0.0763 e. The lowest BCUT2D eigenvalue weighted by atomic mass is 10.0. The Morgan fingerprint density at radius 2 is 2.00 bits per heavy atom. The number of unbranched alkanes of at least 4 members (excludes halogenated alkanes) is 2. The Morgan fingerprint density at radius 1 is 1.31 bits per heavy atom. The molecule has 3 heteroatoms. The van der Waals surface area contributed by atoms with Crippen LogP contribution < -0.4 is 5.73 Å². The number of ether oxygens (including phenoxy) is 1. The number of rotatable bonds is 8. The molecule has 0 rings (SSSR count). The van der Waals surface area contributed by atoms with Crippen LogP contribution in [0.3, 0.4) is 0 Å². The van der Waals surface area contributed by atoms with Gasteiger partial charge >= 0.3 is 0 Å². The third-order valence-electron chi connectivity index (χ3n) is 2.12. The lowest BCUT2D eigenvalue weighted by Crippen LogP contribution is -2.35. The van der Waals surface area contributed by atoms with E-state index < -0.39 is 5.60 Å². The smallest absolute Gasteiger partial charge is 0.0763 e. The van der Waals surface area contributed by atoms with Gasteiger partial charge in [0.05, 0.1) is 5.60 Å². The monoisotopic (exact) mass is 189 g/mol. The van der Waals surface area contributed by atoms with Crippen molar-refractivity contribution in [1.82, 2.24) is 0 Å². The molecule has 0 aromatic carbocycles. The van der Waals surface area contributed by atoms with Crippen LogP contribution in [0.1, 0.15) is 39.5 Å². The summed E-state index contributed by atoms with van der Waals surface area (Å²) in [6.07, 6.45) is 4.16. The Kier molecular flexibility index (Phi) is 7.23. The summed E-state index contributed by atoms with van der Waals surface area (Å²) in [4.78, 5) is 0. The van der Waals surface area contributed by atoms with Gasteiger partial charge in [0.25, 0.3) is 0 Å². The van der Waals surface area contributed by atoms with Crippen molar-refractivity contribution in [2.45, 2.75) is 45.1 Å². The molecular weight excluding hydrogens is 166 g/mol. The van der Waals surface area contributed by atoms with Gasteiger partial charge in [-0.1, -0.05) is 19.8 Å². The van der Waals surface area contributed by atoms with E-state index in [4.69, 9.17) is 10.5 Å². The topological polar surface area (TPSA) is 55.5 Å². The second-order valence-corrected chi connectivity index (χ2v) is 3.77. The van der Waals surface area contributed by atoms with E-state index in [1.54, 1.807) is 6.92 Å². The van der Waals surface area contributed by atoms with Crippen molar-refractivity contribution >= 4 is 0 Å². The van der Waals surface area contributed by atoms with Crippen LogP contribution in [0.5, 0.6) is 0 Å². The molecule has 0 radical (unpaired) electrons. The van der Waals surface area contributed by atoms with Crippen molar-refractivity contribution in [3.8, 4) is 0 Å².